The van der Waals surface area contributed by atoms with Gasteiger partial charge >= 0.3 is 6.61 Å². The molecule has 2 aromatic rings. The predicted octanol–water partition coefficient (Wildman–Crippen LogP) is 1.98. The van der Waals surface area contributed by atoms with E-state index in [0.717, 1.165) is 5.69 Å². The lowest BCUT2D eigenvalue weighted by Gasteiger charge is -2.06. The summed E-state index contributed by atoms with van der Waals surface area (Å²) < 4.78 is 28.1. The van der Waals surface area contributed by atoms with E-state index in [9.17, 15) is 13.6 Å². The van der Waals surface area contributed by atoms with E-state index >= 15 is 0 Å². The normalized spacial score (nSPS) is 10.6. The molecule has 2 rings (SSSR count). The van der Waals surface area contributed by atoms with Crippen molar-refractivity contribution < 1.29 is 18.3 Å². The number of rotatable bonds is 6. The van der Waals surface area contributed by atoms with E-state index in [1.54, 1.807) is 12.5 Å². The van der Waals surface area contributed by atoms with Crippen LogP contribution in [0.3, 0.4) is 0 Å². The zero-order valence-electron chi connectivity index (χ0n) is 10.5. The van der Waals surface area contributed by atoms with Crippen molar-refractivity contribution >= 4 is 5.91 Å². The first-order valence-electron chi connectivity index (χ1n) is 5.95. The molecule has 5 nitrogen and oxygen atoms in total. The molecule has 1 amide bonds. The summed E-state index contributed by atoms with van der Waals surface area (Å²) in [5.41, 5.74) is 1.31. The Bertz CT molecular complexity index is 541. The SMILES string of the molecule is O=C(NCCc1cnc[nH]1)c1ccc(OC(F)F)cc1. The molecule has 2 N–H and O–H groups in total. The molecule has 20 heavy (non-hydrogen) atoms. The van der Waals surface area contributed by atoms with Crippen molar-refractivity contribution in [3.8, 4) is 5.75 Å². The van der Waals surface area contributed by atoms with Crippen molar-refractivity contribution in [1.82, 2.24) is 15.3 Å². The van der Waals surface area contributed by atoms with Crippen LogP contribution in [-0.2, 0) is 6.42 Å². The highest BCUT2D eigenvalue weighted by atomic mass is 19.3. The number of nitrogens with zero attached hydrogens (tertiary/aromatic N) is 1. The van der Waals surface area contributed by atoms with Gasteiger partial charge in [0.25, 0.3) is 5.91 Å². The number of aromatic nitrogens is 2. The van der Waals surface area contributed by atoms with Crippen LogP contribution in [0.5, 0.6) is 5.75 Å². The van der Waals surface area contributed by atoms with Crippen LogP contribution >= 0.6 is 0 Å². The molecule has 0 aliphatic rings. The Morgan fingerprint density at radius 2 is 2.10 bits per heavy atom. The molecular weight excluding hydrogens is 268 g/mol. The molecule has 0 saturated carbocycles. The van der Waals surface area contributed by atoms with Gasteiger partial charge < -0.3 is 15.0 Å². The van der Waals surface area contributed by atoms with Gasteiger partial charge in [0.2, 0.25) is 0 Å². The molecule has 7 heteroatoms. The number of alkyl halides is 2. The van der Waals surface area contributed by atoms with E-state index in [1.807, 2.05) is 0 Å². The van der Waals surface area contributed by atoms with Crippen molar-refractivity contribution in [3.05, 3.63) is 48.0 Å². The van der Waals surface area contributed by atoms with Crippen LogP contribution in [0.2, 0.25) is 0 Å². The third-order valence-corrected chi connectivity index (χ3v) is 2.58. The van der Waals surface area contributed by atoms with Crippen LogP contribution in [0.15, 0.2) is 36.8 Å². The number of amides is 1. The van der Waals surface area contributed by atoms with Gasteiger partial charge in [0.15, 0.2) is 0 Å². The van der Waals surface area contributed by atoms with E-state index in [-0.39, 0.29) is 11.7 Å². The molecule has 0 radical (unpaired) electrons. The number of hydrogen-bond donors (Lipinski definition) is 2. The molecule has 0 bridgehead atoms. The van der Waals surface area contributed by atoms with E-state index in [0.29, 0.717) is 18.5 Å². The minimum absolute atomic E-state index is 0.0222. The average Bonchev–Trinajstić information content (AvgIpc) is 2.92. The summed E-state index contributed by atoms with van der Waals surface area (Å²) in [4.78, 5) is 18.6. The van der Waals surface area contributed by atoms with Gasteiger partial charge in [-0.3, -0.25) is 4.79 Å². The number of carbonyl (C=O) groups excluding carboxylic acids is 1. The lowest BCUT2D eigenvalue weighted by molar-refractivity contribution is -0.0498. The van der Waals surface area contributed by atoms with Crippen molar-refractivity contribution in [1.29, 1.82) is 0 Å². The summed E-state index contributed by atoms with van der Waals surface area (Å²) in [5, 5.41) is 2.72. The lowest BCUT2D eigenvalue weighted by Crippen LogP contribution is -2.25. The number of halogens is 2. The van der Waals surface area contributed by atoms with Gasteiger partial charge in [-0.15, -0.1) is 0 Å². The topological polar surface area (TPSA) is 67.0 Å². The fourth-order valence-corrected chi connectivity index (χ4v) is 1.62. The van der Waals surface area contributed by atoms with Crippen LogP contribution in [0.25, 0.3) is 0 Å². The number of aromatic amines is 1. The fraction of sp³-hybridized carbons (Fsp3) is 0.231. The lowest BCUT2D eigenvalue weighted by atomic mass is 10.2. The monoisotopic (exact) mass is 281 g/mol. The number of H-pyrrole nitrogens is 1. The van der Waals surface area contributed by atoms with Crippen LogP contribution < -0.4 is 10.1 Å². The number of nitrogens with one attached hydrogen (secondary N) is 2. The van der Waals surface area contributed by atoms with Crippen molar-refractivity contribution in [2.45, 2.75) is 13.0 Å². The van der Waals surface area contributed by atoms with Crippen LogP contribution in [0.1, 0.15) is 16.1 Å². The van der Waals surface area contributed by atoms with Crippen molar-refractivity contribution in [2.75, 3.05) is 6.54 Å². The summed E-state index contributed by atoms with van der Waals surface area (Å²) in [6, 6.07) is 5.53. The van der Waals surface area contributed by atoms with E-state index in [1.165, 1.54) is 24.3 Å². The minimum Gasteiger partial charge on any atom is -0.435 e. The molecule has 0 fully saturated rings. The Labute approximate surface area is 114 Å². The van der Waals surface area contributed by atoms with Crippen molar-refractivity contribution in [3.63, 3.8) is 0 Å². The molecule has 1 aromatic heterocycles. The first-order valence-corrected chi connectivity index (χ1v) is 5.95. The summed E-state index contributed by atoms with van der Waals surface area (Å²) >= 11 is 0. The average molecular weight is 281 g/mol. The third kappa shape index (κ3) is 4.04. The van der Waals surface area contributed by atoms with Gasteiger partial charge in [-0.1, -0.05) is 0 Å². The maximum Gasteiger partial charge on any atom is 0.387 e. The first-order chi connectivity index (χ1) is 9.65. The van der Waals surface area contributed by atoms with Gasteiger partial charge in [0, 0.05) is 30.4 Å². The van der Waals surface area contributed by atoms with E-state index in [2.05, 4.69) is 20.0 Å². The standard InChI is InChI=1S/C13H13F2N3O2/c14-13(15)20-11-3-1-9(2-4-11)12(19)17-6-5-10-7-16-8-18-10/h1-4,7-8,13H,5-6H2,(H,16,18)(H,17,19). The largest absolute Gasteiger partial charge is 0.435 e. The molecule has 1 heterocycles. The number of carbonyl (C=O) groups is 1. The Kier molecular flexibility index (Phi) is 4.65. The molecule has 1 aromatic carbocycles. The number of imidazole rings is 1. The maximum atomic E-state index is 12.0. The van der Waals surface area contributed by atoms with Crippen LogP contribution in [0.4, 0.5) is 8.78 Å². The summed E-state index contributed by atoms with van der Waals surface area (Å²) in [6.45, 7) is -2.42. The third-order valence-electron chi connectivity index (χ3n) is 2.58. The van der Waals surface area contributed by atoms with Gasteiger partial charge in [-0.25, -0.2) is 4.98 Å². The van der Waals surface area contributed by atoms with Crippen molar-refractivity contribution in [2.24, 2.45) is 0 Å². The van der Waals surface area contributed by atoms with Gasteiger partial charge in [-0.05, 0) is 24.3 Å². The van der Waals surface area contributed by atoms with E-state index in [4.69, 9.17) is 0 Å². The second-order valence-electron chi connectivity index (χ2n) is 3.99. The number of ether oxygens (including phenoxy) is 1. The number of benzene rings is 1. The first kappa shape index (κ1) is 14.0. The molecular formula is C13H13F2N3O2. The van der Waals surface area contributed by atoms with Gasteiger partial charge in [0.05, 0.1) is 6.33 Å². The Morgan fingerprint density at radius 1 is 1.35 bits per heavy atom. The highest BCUT2D eigenvalue weighted by Crippen LogP contribution is 2.14. The summed E-state index contributed by atoms with van der Waals surface area (Å²) in [6.07, 6.45) is 3.89. The Morgan fingerprint density at radius 3 is 2.70 bits per heavy atom. The molecule has 0 aliphatic carbocycles. The molecule has 0 saturated heterocycles. The molecule has 0 atom stereocenters. The predicted molar refractivity (Wildman–Crippen MR) is 67.7 cm³/mol. The second-order valence-corrected chi connectivity index (χ2v) is 3.99. The Balaban J connectivity index is 1.82. The molecule has 0 aliphatic heterocycles. The summed E-state index contributed by atoms with van der Waals surface area (Å²) in [7, 11) is 0. The van der Waals surface area contributed by atoms with Gasteiger partial charge in [-0.2, -0.15) is 8.78 Å². The Hall–Kier alpha value is -2.44. The fourth-order valence-electron chi connectivity index (χ4n) is 1.62. The van der Waals surface area contributed by atoms with Crippen LogP contribution in [0, 0.1) is 0 Å². The van der Waals surface area contributed by atoms with E-state index < -0.39 is 6.61 Å². The molecule has 106 valence electrons. The smallest absolute Gasteiger partial charge is 0.387 e. The highest BCUT2D eigenvalue weighted by Gasteiger charge is 2.07. The molecule has 0 unspecified atom stereocenters. The zero-order chi connectivity index (χ0) is 14.4. The molecule has 0 spiro atoms. The zero-order valence-corrected chi connectivity index (χ0v) is 10.5. The number of hydrogen-bond acceptors (Lipinski definition) is 3. The highest BCUT2D eigenvalue weighted by molar-refractivity contribution is 5.94. The van der Waals surface area contributed by atoms with Crippen LogP contribution in [-0.4, -0.2) is 29.0 Å². The summed E-state index contributed by atoms with van der Waals surface area (Å²) in [5.74, 6) is -0.248. The quantitative estimate of drug-likeness (QED) is 0.851. The maximum absolute atomic E-state index is 12.0. The second kappa shape index (κ2) is 6.65. The minimum atomic E-state index is -2.87. The van der Waals surface area contributed by atoms with Gasteiger partial charge in [0.1, 0.15) is 5.75 Å².